The highest BCUT2D eigenvalue weighted by molar-refractivity contribution is 5.77. The zero-order valence-corrected chi connectivity index (χ0v) is 10.4. The number of H-pyrrole nitrogens is 1. The third-order valence-corrected chi connectivity index (χ3v) is 3.24. The Hall–Kier alpha value is -1.69. The lowest BCUT2D eigenvalue weighted by Crippen LogP contribution is -2.40. The van der Waals surface area contributed by atoms with E-state index in [0.717, 1.165) is 12.8 Å². The van der Waals surface area contributed by atoms with E-state index in [1.807, 2.05) is 0 Å². The number of aromatic amines is 1. The van der Waals surface area contributed by atoms with E-state index in [1.54, 1.807) is 11.1 Å². The molecule has 1 saturated heterocycles. The molecule has 2 heterocycles. The van der Waals surface area contributed by atoms with Crippen molar-refractivity contribution in [3.8, 4) is 0 Å². The maximum atomic E-state index is 11.6. The number of nitrogens with zero attached hydrogens (tertiary/aromatic N) is 2. The van der Waals surface area contributed by atoms with Gasteiger partial charge in [0.05, 0.1) is 0 Å². The standard InChI is InChI=1S/C12H17N3O3/c1-18-8-10(16)15-6-2-9(3-7-15)11-12(17)14-5-4-13-11/h4-5,9H,2-3,6-8H2,1H3,(H,14,17). The van der Waals surface area contributed by atoms with Crippen molar-refractivity contribution in [2.45, 2.75) is 18.8 Å². The van der Waals surface area contributed by atoms with Gasteiger partial charge in [0.15, 0.2) is 0 Å². The lowest BCUT2D eigenvalue weighted by molar-refractivity contribution is -0.136. The smallest absolute Gasteiger partial charge is 0.269 e. The summed E-state index contributed by atoms with van der Waals surface area (Å²) in [5.74, 6) is 0.146. The average molecular weight is 251 g/mol. The second-order valence-corrected chi connectivity index (χ2v) is 4.39. The van der Waals surface area contributed by atoms with Gasteiger partial charge in [-0.2, -0.15) is 0 Å². The van der Waals surface area contributed by atoms with Gasteiger partial charge in [0.2, 0.25) is 5.91 Å². The van der Waals surface area contributed by atoms with Crippen LogP contribution < -0.4 is 5.56 Å². The fourth-order valence-electron chi connectivity index (χ4n) is 2.27. The van der Waals surface area contributed by atoms with Gasteiger partial charge in [0.25, 0.3) is 5.56 Å². The molecule has 6 heteroatoms. The summed E-state index contributed by atoms with van der Waals surface area (Å²) in [5, 5.41) is 0. The molecule has 1 N–H and O–H groups in total. The molecule has 0 aliphatic carbocycles. The topological polar surface area (TPSA) is 75.3 Å². The molecule has 0 spiro atoms. The molecule has 98 valence electrons. The molecule has 2 rings (SSSR count). The Labute approximate surface area is 105 Å². The first-order valence-electron chi connectivity index (χ1n) is 6.02. The first-order chi connectivity index (χ1) is 8.72. The highest BCUT2D eigenvalue weighted by Crippen LogP contribution is 2.24. The SMILES string of the molecule is COCC(=O)N1CCC(c2ncc[nH]c2=O)CC1. The molecule has 0 atom stereocenters. The summed E-state index contributed by atoms with van der Waals surface area (Å²) in [6, 6.07) is 0. The third-order valence-electron chi connectivity index (χ3n) is 3.24. The van der Waals surface area contributed by atoms with E-state index >= 15 is 0 Å². The molecule has 18 heavy (non-hydrogen) atoms. The molecule has 0 bridgehead atoms. The Morgan fingerprint density at radius 3 is 2.89 bits per heavy atom. The molecule has 1 aromatic heterocycles. The molecule has 1 aromatic rings. The summed E-state index contributed by atoms with van der Waals surface area (Å²) in [5.41, 5.74) is 0.454. The maximum absolute atomic E-state index is 11.6. The normalized spacial score (nSPS) is 16.8. The van der Waals surface area contributed by atoms with Crippen molar-refractivity contribution in [2.75, 3.05) is 26.8 Å². The monoisotopic (exact) mass is 251 g/mol. The molecule has 6 nitrogen and oxygen atoms in total. The Bertz CT molecular complexity index is 464. The zero-order valence-electron chi connectivity index (χ0n) is 10.4. The zero-order chi connectivity index (χ0) is 13.0. The van der Waals surface area contributed by atoms with Crippen molar-refractivity contribution >= 4 is 5.91 Å². The molecule has 1 fully saturated rings. The number of amides is 1. The Balaban J connectivity index is 1.97. The molecule has 1 amide bonds. The van der Waals surface area contributed by atoms with Gasteiger partial charge < -0.3 is 14.6 Å². The van der Waals surface area contributed by atoms with Gasteiger partial charge in [-0.15, -0.1) is 0 Å². The number of ether oxygens (including phenoxy) is 1. The second-order valence-electron chi connectivity index (χ2n) is 4.39. The lowest BCUT2D eigenvalue weighted by Gasteiger charge is -2.31. The Kier molecular flexibility index (Phi) is 4.09. The average Bonchev–Trinajstić information content (AvgIpc) is 2.40. The Morgan fingerprint density at radius 1 is 1.56 bits per heavy atom. The minimum absolute atomic E-state index is 0.00544. The summed E-state index contributed by atoms with van der Waals surface area (Å²) in [6.45, 7) is 1.43. The van der Waals surface area contributed by atoms with E-state index in [9.17, 15) is 9.59 Å². The molecule has 1 aliphatic heterocycles. The minimum Gasteiger partial charge on any atom is -0.375 e. The van der Waals surface area contributed by atoms with Gasteiger partial charge in [-0.25, -0.2) is 0 Å². The van der Waals surface area contributed by atoms with E-state index in [2.05, 4.69) is 9.97 Å². The number of nitrogens with one attached hydrogen (secondary N) is 1. The van der Waals surface area contributed by atoms with Crippen LogP contribution in [0.5, 0.6) is 0 Å². The molecule has 1 aliphatic rings. The van der Waals surface area contributed by atoms with Crippen LogP contribution in [0.3, 0.4) is 0 Å². The number of carbonyl (C=O) groups is 1. The summed E-state index contributed by atoms with van der Waals surface area (Å²) in [7, 11) is 1.51. The first-order valence-corrected chi connectivity index (χ1v) is 6.02. The fraction of sp³-hybridized carbons (Fsp3) is 0.583. The Morgan fingerprint density at radius 2 is 2.28 bits per heavy atom. The number of carbonyl (C=O) groups excluding carboxylic acids is 1. The number of methoxy groups -OCH3 is 1. The largest absolute Gasteiger partial charge is 0.375 e. The number of hydrogen-bond acceptors (Lipinski definition) is 4. The van der Waals surface area contributed by atoms with Crippen molar-refractivity contribution in [1.82, 2.24) is 14.9 Å². The number of likely N-dealkylation sites (tertiary alicyclic amines) is 1. The van der Waals surface area contributed by atoms with Crippen LogP contribution in [-0.4, -0.2) is 47.6 Å². The van der Waals surface area contributed by atoms with Gasteiger partial charge >= 0.3 is 0 Å². The van der Waals surface area contributed by atoms with Gasteiger partial charge in [0, 0.05) is 38.5 Å². The highest BCUT2D eigenvalue weighted by Gasteiger charge is 2.25. The first kappa shape index (κ1) is 12.8. The summed E-state index contributed by atoms with van der Waals surface area (Å²) >= 11 is 0. The summed E-state index contributed by atoms with van der Waals surface area (Å²) in [4.78, 5) is 31.8. The van der Waals surface area contributed by atoms with Crippen molar-refractivity contribution < 1.29 is 9.53 Å². The van der Waals surface area contributed by atoms with E-state index in [0.29, 0.717) is 18.8 Å². The number of aromatic nitrogens is 2. The number of hydrogen-bond donors (Lipinski definition) is 1. The third kappa shape index (κ3) is 2.76. The van der Waals surface area contributed by atoms with Crippen LogP contribution in [0.15, 0.2) is 17.2 Å². The lowest BCUT2D eigenvalue weighted by atomic mass is 9.93. The maximum Gasteiger partial charge on any atom is 0.269 e. The van der Waals surface area contributed by atoms with Gasteiger partial charge in [-0.3, -0.25) is 14.6 Å². The van der Waals surface area contributed by atoms with Crippen LogP contribution >= 0.6 is 0 Å². The number of piperidine rings is 1. The summed E-state index contributed by atoms with van der Waals surface area (Å²) in [6.07, 6.45) is 4.67. The quantitative estimate of drug-likeness (QED) is 0.828. The van der Waals surface area contributed by atoms with Crippen molar-refractivity contribution in [3.05, 3.63) is 28.4 Å². The van der Waals surface area contributed by atoms with E-state index in [4.69, 9.17) is 4.74 Å². The van der Waals surface area contributed by atoms with Gasteiger partial charge in [-0.1, -0.05) is 0 Å². The molecular formula is C12H17N3O3. The second kappa shape index (κ2) is 5.77. The van der Waals surface area contributed by atoms with E-state index in [1.165, 1.54) is 13.3 Å². The van der Waals surface area contributed by atoms with Crippen LogP contribution in [0.2, 0.25) is 0 Å². The van der Waals surface area contributed by atoms with E-state index < -0.39 is 0 Å². The highest BCUT2D eigenvalue weighted by atomic mass is 16.5. The minimum atomic E-state index is -0.126. The van der Waals surface area contributed by atoms with Crippen LogP contribution in [0.4, 0.5) is 0 Å². The van der Waals surface area contributed by atoms with Crippen LogP contribution in [0.1, 0.15) is 24.5 Å². The van der Waals surface area contributed by atoms with Crippen LogP contribution in [0.25, 0.3) is 0 Å². The van der Waals surface area contributed by atoms with Gasteiger partial charge in [-0.05, 0) is 12.8 Å². The van der Waals surface area contributed by atoms with Crippen molar-refractivity contribution in [1.29, 1.82) is 0 Å². The fourth-order valence-corrected chi connectivity index (χ4v) is 2.27. The van der Waals surface area contributed by atoms with Crippen molar-refractivity contribution in [2.24, 2.45) is 0 Å². The van der Waals surface area contributed by atoms with Crippen LogP contribution in [0, 0.1) is 0 Å². The summed E-state index contributed by atoms with van der Waals surface area (Å²) < 4.78 is 4.83. The number of rotatable bonds is 3. The van der Waals surface area contributed by atoms with Crippen LogP contribution in [-0.2, 0) is 9.53 Å². The van der Waals surface area contributed by atoms with E-state index in [-0.39, 0.29) is 24.0 Å². The molecular weight excluding hydrogens is 234 g/mol. The van der Waals surface area contributed by atoms with Gasteiger partial charge in [0.1, 0.15) is 12.3 Å². The molecule has 0 aromatic carbocycles. The molecule has 0 saturated carbocycles. The predicted molar refractivity (Wildman–Crippen MR) is 65.3 cm³/mol. The van der Waals surface area contributed by atoms with Crippen molar-refractivity contribution in [3.63, 3.8) is 0 Å². The predicted octanol–water partition coefficient (Wildman–Crippen LogP) is 0.122. The molecule has 0 radical (unpaired) electrons. The molecule has 0 unspecified atom stereocenters.